The number of hydrogen-bond acceptors (Lipinski definition) is 2. The molecule has 0 saturated heterocycles. The fourth-order valence-electron chi connectivity index (χ4n) is 8.48. The molecule has 9 aromatic carbocycles. The summed E-state index contributed by atoms with van der Waals surface area (Å²) in [4.78, 5) is 0. The van der Waals surface area contributed by atoms with Crippen LogP contribution in [0.5, 0.6) is 0 Å². The van der Waals surface area contributed by atoms with Crippen LogP contribution >= 0.6 is 11.3 Å². The zero-order valence-electron chi connectivity index (χ0n) is 28.1. The van der Waals surface area contributed by atoms with E-state index in [-0.39, 0.29) is 0 Å². The van der Waals surface area contributed by atoms with Gasteiger partial charge in [-0.3, -0.25) is 0 Å². The molecule has 0 fully saturated rings. The second-order valence-electron chi connectivity index (χ2n) is 13.5. The molecule has 0 radical (unpaired) electrons. The van der Waals surface area contributed by atoms with Crippen LogP contribution in [-0.4, -0.2) is 0 Å². The second-order valence-corrected chi connectivity index (χ2v) is 14.6. The van der Waals surface area contributed by atoms with Crippen LogP contribution in [0.25, 0.3) is 108 Å². The van der Waals surface area contributed by atoms with Crippen molar-refractivity contribution in [3.8, 4) is 44.7 Å². The largest absolute Gasteiger partial charge is 0.454 e. The van der Waals surface area contributed by atoms with Crippen molar-refractivity contribution in [2.45, 2.75) is 0 Å². The Morgan fingerprint density at radius 1 is 0.346 bits per heavy atom. The molecule has 0 aliphatic carbocycles. The number of hydrogen-bond donors (Lipinski definition) is 0. The van der Waals surface area contributed by atoms with Crippen molar-refractivity contribution in [3.63, 3.8) is 0 Å². The monoisotopic (exact) mass is 678 g/mol. The molecule has 1 nitrogen and oxygen atoms in total. The van der Waals surface area contributed by atoms with E-state index in [4.69, 9.17) is 4.42 Å². The molecule has 52 heavy (non-hydrogen) atoms. The lowest BCUT2D eigenvalue weighted by Gasteiger charge is -2.19. The van der Waals surface area contributed by atoms with Gasteiger partial charge in [0.25, 0.3) is 0 Å². The highest BCUT2D eigenvalue weighted by Gasteiger charge is 2.24. The van der Waals surface area contributed by atoms with Crippen LogP contribution in [0.3, 0.4) is 0 Å². The Kier molecular flexibility index (Phi) is 6.49. The van der Waals surface area contributed by atoms with Gasteiger partial charge in [0.05, 0.1) is 4.70 Å². The SMILES string of the molecule is c1ccc(-c2oc3c(ccc4c3sc3cccc(-c5c6ccccc6c(-c6cccc7ccccc67)c6ccccc56)c34)c2-c2ccccc2)cc1. The molecule has 0 aliphatic rings. The summed E-state index contributed by atoms with van der Waals surface area (Å²) in [5, 5.41) is 11.2. The molecule has 0 aliphatic heterocycles. The van der Waals surface area contributed by atoms with Gasteiger partial charge in [0.2, 0.25) is 0 Å². The molecule has 0 N–H and O–H groups in total. The summed E-state index contributed by atoms with van der Waals surface area (Å²) in [6, 6.07) is 65.9. The van der Waals surface area contributed by atoms with E-state index in [1.54, 1.807) is 0 Å². The third kappa shape index (κ3) is 4.28. The average Bonchev–Trinajstić information content (AvgIpc) is 3.80. The van der Waals surface area contributed by atoms with Gasteiger partial charge in [0, 0.05) is 32.0 Å². The highest BCUT2D eigenvalue weighted by molar-refractivity contribution is 7.26. The zero-order valence-corrected chi connectivity index (χ0v) is 29.0. The quantitative estimate of drug-likeness (QED) is 0.169. The van der Waals surface area contributed by atoms with Gasteiger partial charge in [-0.2, -0.15) is 0 Å². The van der Waals surface area contributed by atoms with Gasteiger partial charge >= 0.3 is 0 Å². The number of rotatable bonds is 4. The predicted molar refractivity (Wildman–Crippen MR) is 223 cm³/mol. The van der Waals surface area contributed by atoms with E-state index in [1.807, 2.05) is 11.3 Å². The van der Waals surface area contributed by atoms with Gasteiger partial charge in [-0.25, -0.2) is 0 Å². The maximum Gasteiger partial charge on any atom is 0.153 e. The Morgan fingerprint density at radius 3 is 1.56 bits per heavy atom. The van der Waals surface area contributed by atoms with E-state index in [0.717, 1.165) is 33.4 Å². The lowest BCUT2D eigenvalue weighted by Crippen LogP contribution is -1.92. The van der Waals surface area contributed by atoms with Crippen LogP contribution in [0.2, 0.25) is 0 Å². The Bertz CT molecular complexity index is 3100. The van der Waals surface area contributed by atoms with Crippen LogP contribution in [-0.2, 0) is 0 Å². The first kappa shape index (κ1) is 29.3. The first-order chi connectivity index (χ1) is 25.8. The van der Waals surface area contributed by atoms with Crippen LogP contribution in [0, 0.1) is 0 Å². The van der Waals surface area contributed by atoms with Gasteiger partial charge in [-0.05, 0) is 72.3 Å². The fourth-order valence-corrected chi connectivity index (χ4v) is 9.70. The van der Waals surface area contributed by atoms with Crippen molar-refractivity contribution in [1.29, 1.82) is 0 Å². The molecule has 0 unspecified atom stereocenters. The molecule has 11 rings (SSSR count). The van der Waals surface area contributed by atoms with Crippen molar-refractivity contribution >= 4 is 74.8 Å². The van der Waals surface area contributed by atoms with E-state index < -0.39 is 0 Å². The van der Waals surface area contributed by atoms with E-state index in [1.165, 1.54) is 74.7 Å². The summed E-state index contributed by atoms with van der Waals surface area (Å²) < 4.78 is 9.41. The van der Waals surface area contributed by atoms with Crippen molar-refractivity contribution in [1.82, 2.24) is 0 Å². The molecule has 0 bridgehead atoms. The Hall–Kier alpha value is -6.48. The Balaban J connectivity index is 1.23. The summed E-state index contributed by atoms with van der Waals surface area (Å²) >= 11 is 1.83. The van der Waals surface area contributed by atoms with Crippen molar-refractivity contribution < 1.29 is 4.42 Å². The maximum atomic E-state index is 6.98. The summed E-state index contributed by atoms with van der Waals surface area (Å²) in [7, 11) is 0. The highest BCUT2D eigenvalue weighted by atomic mass is 32.1. The lowest BCUT2D eigenvalue weighted by atomic mass is 9.84. The first-order valence-electron chi connectivity index (χ1n) is 17.8. The minimum Gasteiger partial charge on any atom is -0.454 e. The third-order valence-electron chi connectivity index (χ3n) is 10.7. The standard InChI is InChI=1S/C50H30OS/c1-3-16-32(17-4-1)44-41-29-30-42-47-40(27-14-28-43(47)52-50(42)49(41)51-48(44)33-18-5-2-6-19-33)46-38-24-11-9-22-36(38)45(37-23-10-12-25-39(37)46)35-26-13-20-31-15-7-8-21-34(31)35/h1-30H. The summed E-state index contributed by atoms with van der Waals surface area (Å²) in [6.07, 6.45) is 0. The number of furan rings is 1. The normalized spacial score (nSPS) is 11.8. The number of fused-ring (bicyclic) bond motifs is 8. The van der Waals surface area contributed by atoms with Gasteiger partial charge in [-0.15, -0.1) is 11.3 Å². The molecule has 0 atom stereocenters. The minimum atomic E-state index is 0.910. The molecule has 0 amide bonds. The molecule has 0 saturated carbocycles. The zero-order chi connectivity index (χ0) is 34.2. The van der Waals surface area contributed by atoms with Crippen LogP contribution in [0.4, 0.5) is 0 Å². The lowest BCUT2D eigenvalue weighted by molar-refractivity contribution is 0.636. The van der Waals surface area contributed by atoms with E-state index in [9.17, 15) is 0 Å². The van der Waals surface area contributed by atoms with Crippen LogP contribution in [0.1, 0.15) is 0 Å². The molecule has 242 valence electrons. The number of benzene rings is 9. The molecule has 0 spiro atoms. The van der Waals surface area contributed by atoms with Gasteiger partial charge < -0.3 is 4.42 Å². The van der Waals surface area contributed by atoms with E-state index in [2.05, 4.69) is 182 Å². The molecule has 11 aromatic rings. The topological polar surface area (TPSA) is 13.1 Å². The van der Waals surface area contributed by atoms with Crippen molar-refractivity contribution in [2.75, 3.05) is 0 Å². The molecule has 2 heteroatoms. The summed E-state index contributed by atoms with van der Waals surface area (Å²) in [6.45, 7) is 0. The third-order valence-corrected chi connectivity index (χ3v) is 11.8. The Labute approximate surface area is 304 Å². The molecule has 2 heterocycles. The molecular formula is C50H30OS. The Morgan fingerprint density at radius 2 is 0.865 bits per heavy atom. The van der Waals surface area contributed by atoms with Crippen molar-refractivity contribution in [3.05, 3.63) is 182 Å². The summed E-state index contributed by atoms with van der Waals surface area (Å²) in [5.74, 6) is 0.910. The molecule has 2 aromatic heterocycles. The second kappa shape index (κ2) is 11.5. The van der Waals surface area contributed by atoms with Gasteiger partial charge in [0.15, 0.2) is 5.58 Å². The smallest absolute Gasteiger partial charge is 0.153 e. The number of thiophene rings is 1. The van der Waals surface area contributed by atoms with E-state index in [0.29, 0.717) is 0 Å². The molecular weight excluding hydrogens is 649 g/mol. The summed E-state index contributed by atoms with van der Waals surface area (Å²) in [5.41, 5.74) is 9.40. The minimum absolute atomic E-state index is 0.910. The van der Waals surface area contributed by atoms with Crippen molar-refractivity contribution in [2.24, 2.45) is 0 Å². The van der Waals surface area contributed by atoms with Crippen LogP contribution in [0.15, 0.2) is 186 Å². The van der Waals surface area contributed by atoms with Gasteiger partial charge in [0.1, 0.15) is 5.76 Å². The van der Waals surface area contributed by atoms with Gasteiger partial charge in [-0.1, -0.05) is 170 Å². The average molecular weight is 679 g/mol. The van der Waals surface area contributed by atoms with E-state index >= 15 is 0 Å². The maximum absolute atomic E-state index is 6.98. The highest BCUT2D eigenvalue weighted by Crippen LogP contribution is 2.51. The predicted octanol–water partition coefficient (Wildman–Crippen LogP) is 14.9. The van der Waals surface area contributed by atoms with Crippen LogP contribution < -0.4 is 0 Å². The fraction of sp³-hybridized carbons (Fsp3) is 0. The first-order valence-corrected chi connectivity index (χ1v) is 18.6.